The fourth-order valence-corrected chi connectivity index (χ4v) is 3.15. The molecule has 0 bridgehead atoms. The topological polar surface area (TPSA) is 32.3 Å². The number of rotatable bonds is 2. The molecule has 116 valence electrons. The van der Waals surface area contributed by atoms with Crippen molar-refractivity contribution in [1.29, 1.82) is 0 Å². The largest absolute Gasteiger partial charge is 0.354 e. The quantitative estimate of drug-likeness (QED) is 0.838. The standard InChI is InChI=1S/C16H25FN4/c1-12-3-7-20(8-4-12)15-14(17)11-18-16(19-15)21-9-5-13(2)6-10-21/h11-13H,3-10H2,1-2H3. The Balaban J connectivity index is 1.76. The lowest BCUT2D eigenvalue weighted by Gasteiger charge is -2.33. The molecule has 2 aliphatic rings. The Bertz CT molecular complexity index is 477. The van der Waals surface area contributed by atoms with Crippen molar-refractivity contribution in [3.63, 3.8) is 0 Å². The van der Waals surface area contributed by atoms with Crippen molar-refractivity contribution in [2.75, 3.05) is 36.0 Å². The van der Waals surface area contributed by atoms with E-state index in [4.69, 9.17) is 0 Å². The molecule has 1 aromatic heterocycles. The van der Waals surface area contributed by atoms with Gasteiger partial charge in [0.2, 0.25) is 5.95 Å². The van der Waals surface area contributed by atoms with Crippen LogP contribution in [-0.4, -0.2) is 36.1 Å². The average molecular weight is 292 g/mol. The number of hydrogen-bond acceptors (Lipinski definition) is 4. The Morgan fingerprint density at radius 2 is 1.48 bits per heavy atom. The summed E-state index contributed by atoms with van der Waals surface area (Å²) in [4.78, 5) is 13.0. The number of anilines is 2. The van der Waals surface area contributed by atoms with Crippen molar-refractivity contribution in [2.45, 2.75) is 39.5 Å². The average Bonchev–Trinajstić information content (AvgIpc) is 2.50. The third-order valence-corrected chi connectivity index (χ3v) is 4.86. The number of hydrogen-bond donors (Lipinski definition) is 0. The Kier molecular flexibility index (Phi) is 4.27. The molecule has 0 aromatic carbocycles. The summed E-state index contributed by atoms with van der Waals surface area (Å²) in [6.45, 7) is 8.28. The van der Waals surface area contributed by atoms with E-state index in [2.05, 4.69) is 33.6 Å². The minimum absolute atomic E-state index is 0.293. The number of halogens is 1. The van der Waals surface area contributed by atoms with Gasteiger partial charge in [-0.3, -0.25) is 0 Å². The summed E-state index contributed by atoms with van der Waals surface area (Å²) in [5.41, 5.74) is 0. The number of piperidine rings is 2. The summed E-state index contributed by atoms with van der Waals surface area (Å²) >= 11 is 0. The fourth-order valence-electron chi connectivity index (χ4n) is 3.15. The maximum absolute atomic E-state index is 14.1. The maximum atomic E-state index is 14.1. The maximum Gasteiger partial charge on any atom is 0.227 e. The molecule has 1 aromatic rings. The van der Waals surface area contributed by atoms with Gasteiger partial charge in [0.05, 0.1) is 6.20 Å². The first-order valence-corrected chi connectivity index (χ1v) is 8.16. The van der Waals surface area contributed by atoms with Gasteiger partial charge in [0, 0.05) is 26.2 Å². The smallest absolute Gasteiger partial charge is 0.227 e. The third kappa shape index (κ3) is 3.27. The van der Waals surface area contributed by atoms with Crippen LogP contribution in [0.25, 0.3) is 0 Å². The van der Waals surface area contributed by atoms with Crippen LogP contribution in [0.15, 0.2) is 6.20 Å². The van der Waals surface area contributed by atoms with E-state index in [9.17, 15) is 4.39 Å². The van der Waals surface area contributed by atoms with E-state index >= 15 is 0 Å². The van der Waals surface area contributed by atoms with Crippen LogP contribution in [-0.2, 0) is 0 Å². The molecule has 21 heavy (non-hydrogen) atoms. The van der Waals surface area contributed by atoms with Crippen molar-refractivity contribution >= 4 is 11.8 Å². The van der Waals surface area contributed by atoms with Crippen LogP contribution in [0, 0.1) is 17.7 Å². The summed E-state index contributed by atoms with van der Waals surface area (Å²) in [7, 11) is 0. The summed E-state index contributed by atoms with van der Waals surface area (Å²) in [6, 6.07) is 0. The van der Waals surface area contributed by atoms with Gasteiger partial charge in [-0.1, -0.05) is 13.8 Å². The van der Waals surface area contributed by atoms with E-state index in [0.29, 0.717) is 11.8 Å². The second-order valence-corrected chi connectivity index (χ2v) is 6.68. The van der Waals surface area contributed by atoms with Crippen LogP contribution in [0.2, 0.25) is 0 Å². The predicted octanol–water partition coefficient (Wildman–Crippen LogP) is 3.09. The van der Waals surface area contributed by atoms with Crippen LogP contribution in [0.3, 0.4) is 0 Å². The van der Waals surface area contributed by atoms with E-state index in [1.165, 1.54) is 6.20 Å². The number of nitrogens with zero attached hydrogens (tertiary/aromatic N) is 4. The van der Waals surface area contributed by atoms with E-state index in [1.807, 2.05) is 0 Å². The van der Waals surface area contributed by atoms with Gasteiger partial charge in [0.1, 0.15) is 0 Å². The molecule has 4 nitrogen and oxygen atoms in total. The molecule has 2 saturated heterocycles. The van der Waals surface area contributed by atoms with Crippen molar-refractivity contribution < 1.29 is 4.39 Å². The van der Waals surface area contributed by atoms with Crippen molar-refractivity contribution in [3.8, 4) is 0 Å². The second-order valence-electron chi connectivity index (χ2n) is 6.68. The van der Waals surface area contributed by atoms with E-state index < -0.39 is 0 Å². The summed E-state index contributed by atoms with van der Waals surface area (Å²) in [6.07, 6.45) is 5.89. The molecule has 3 rings (SSSR count). The number of aromatic nitrogens is 2. The van der Waals surface area contributed by atoms with Gasteiger partial charge in [-0.15, -0.1) is 0 Å². The Morgan fingerprint density at radius 1 is 0.952 bits per heavy atom. The van der Waals surface area contributed by atoms with Gasteiger partial charge in [-0.05, 0) is 37.5 Å². The van der Waals surface area contributed by atoms with Crippen LogP contribution < -0.4 is 9.80 Å². The first-order valence-electron chi connectivity index (χ1n) is 8.16. The van der Waals surface area contributed by atoms with Crippen molar-refractivity contribution in [2.24, 2.45) is 11.8 Å². The highest BCUT2D eigenvalue weighted by Gasteiger charge is 2.23. The van der Waals surface area contributed by atoms with Crippen LogP contribution in [0.5, 0.6) is 0 Å². The SMILES string of the molecule is CC1CCN(c2ncc(F)c(N3CCC(C)CC3)n2)CC1. The molecule has 0 aliphatic carbocycles. The van der Waals surface area contributed by atoms with Crippen molar-refractivity contribution in [1.82, 2.24) is 9.97 Å². The molecular formula is C16H25FN4. The molecular weight excluding hydrogens is 267 g/mol. The van der Waals surface area contributed by atoms with Gasteiger partial charge in [0.15, 0.2) is 11.6 Å². The van der Waals surface area contributed by atoms with Gasteiger partial charge in [-0.25, -0.2) is 9.37 Å². The Labute approximate surface area is 126 Å². The van der Waals surface area contributed by atoms with Crippen LogP contribution in [0.4, 0.5) is 16.2 Å². The molecule has 0 N–H and O–H groups in total. The monoisotopic (exact) mass is 292 g/mol. The molecule has 0 radical (unpaired) electrons. The molecule has 2 aliphatic heterocycles. The minimum Gasteiger partial charge on any atom is -0.354 e. The lowest BCUT2D eigenvalue weighted by atomic mass is 9.99. The molecule has 0 amide bonds. The molecule has 0 saturated carbocycles. The first kappa shape index (κ1) is 14.5. The Hall–Kier alpha value is -1.39. The lowest BCUT2D eigenvalue weighted by molar-refractivity contribution is 0.427. The zero-order chi connectivity index (χ0) is 14.8. The lowest BCUT2D eigenvalue weighted by Crippen LogP contribution is -2.36. The van der Waals surface area contributed by atoms with Gasteiger partial charge >= 0.3 is 0 Å². The molecule has 0 atom stereocenters. The molecule has 0 spiro atoms. The highest BCUT2D eigenvalue weighted by molar-refractivity contribution is 5.45. The molecule has 5 heteroatoms. The zero-order valence-electron chi connectivity index (χ0n) is 13.1. The second kappa shape index (κ2) is 6.16. The molecule has 0 unspecified atom stereocenters. The zero-order valence-corrected chi connectivity index (χ0v) is 13.1. The van der Waals surface area contributed by atoms with E-state index in [-0.39, 0.29) is 5.82 Å². The summed E-state index contributed by atoms with van der Waals surface area (Å²) in [5.74, 6) is 2.39. The Morgan fingerprint density at radius 3 is 2.05 bits per heavy atom. The highest BCUT2D eigenvalue weighted by Crippen LogP contribution is 2.26. The minimum atomic E-state index is -0.293. The fraction of sp³-hybridized carbons (Fsp3) is 0.750. The van der Waals surface area contributed by atoms with Gasteiger partial charge in [-0.2, -0.15) is 4.98 Å². The highest BCUT2D eigenvalue weighted by atomic mass is 19.1. The third-order valence-electron chi connectivity index (χ3n) is 4.86. The predicted molar refractivity (Wildman–Crippen MR) is 83.2 cm³/mol. The van der Waals surface area contributed by atoms with Crippen LogP contribution >= 0.6 is 0 Å². The summed E-state index contributed by atoms with van der Waals surface area (Å²) in [5, 5.41) is 0. The van der Waals surface area contributed by atoms with Gasteiger partial charge < -0.3 is 9.80 Å². The van der Waals surface area contributed by atoms with Crippen molar-refractivity contribution in [3.05, 3.63) is 12.0 Å². The summed E-state index contributed by atoms with van der Waals surface area (Å²) < 4.78 is 14.1. The normalized spacial score (nSPS) is 21.9. The first-order chi connectivity index (χ1) is 10.1. The molecule has 2 fully saturated rings. The van der Waals surface area contributed by atoms with Gasteiger partial charge in [0.25, 0.3) is 0 Å². The van der Waals surface area contributed by atoms with Crippen LogP contribution in [0.1, 0.15) is 39.5 Å². The van der Waals surface area contributed by atoms with E-state index in [0.717, 1.165) is 63.7 Å². The van der Waals surface area contributed by atoms with E-state index in [1.54, 1.807) is 0 Å². The molecule has 3 heterocycles.